The summed E-state index contributed by atoms with van der Waals surface area (Å²) in [5, 5.41) is 15.4. The minimum Gasteiger partial charge on any atom is -0.308 e. The number of anilines is 4. The highest BCUT2D eigenvalue weighted by Crippen LogP contribution is 2.41. The smallest absolute Gasteiger partial charge is 0.308 e. The molecule has 4 N–H and O–H groups in total. The van der Waals surface area contributed by atoms with Gasteiger partial charge in [-0.3, -0.25) is 0 Å². The normalized spacial score (nSPS) is 10.9. The van der Waals surface area contributed by atoms with Crippen molar-refractivity contribution in [3.05, 3.63) is 77.0 Å². The van der Waals surface area contributed by atoms with E-state index in [1.807, 2.05) is 71.4 Å². The zero-order valence-corrected chi connectivity index (χ0v) is 20.6. The number of hydrogen-bond acceptors (Lipinski definition) is 5. The summed E-state index contributed by atoms with van der Waals surface area (Å²) in [4.78, 5) is 30.1. The molecule has 0 aliphatic heterocycles. The van der Waals surface area contributed by atoms with Crippen LogP contribution in [0.5, 0.6) is 0 Å². The zero-order chi connectivity index (χ0) is 24.2. The van der Waals surface area contributed by atoms with Crippen LogP contribution in [0.15, 0.2) is 71.4 Å². The van der Waals surface area contributed by atoms with Crippen LogP contribution < -0.4 is 21.3 Å². The molecule has 0 fully saturated rings. The van der Waals surface area contributed by atoms with E-state index in [1.54, 1.807) is 22.7 Å². The summed E-state index contributed by atoms with van der Waals surface area (Å²) in [6.07, 6.45) is 1.85. The van der Waals surface area contributed by atoms with Crippen molar-refractivity contribution in [3.63, 3.8) is 0 Å². The molecule has 0 spiro atoms. The molecular weight excluding hydrogens is 478 g/mol. The van der Waals surface area contributed by atoms with Crippen molar-refractivity contribution in [1.29, 1.82) is 0 Å². The number of aryl methyl sites for hydroxylation is 1. The lowest BCUT2D eigenvalue weighted by Crippen LogP contribution is -2.19. The minimum atomic E-state index is -0.333. The maximum Gasteiger partial charge on any atom is 0.323 e. The van der Waals surface area contributed by atoms with Crippen LogP contribution in [0.3, 0.4) is 0 Å². The first kappa shape index (κ1) is 22.8. The lowest BCUT2D eigenvalue weighted by Gasteiger charge is -2.09. The predicted octanol–water partition coefficient (Wildman–Crippen LogP) is 7.75. The Morgan fingerprint density at radius 2 is 1.17 bits per heavy atom. The third-order valence-electron chi connectivity index (χ3n) is 5.36. The molecule has 7 nitrogen and oxygen atoms in total. The molecule has 0 atom stereocenters. The van der Waals surface area contributed by atoms with Crippen LogP contribution in [0.1, 0.15) is 18.9 Å². The van der Waals surface area contributed by atoms with Gasteiger partial charge in [0, 0.05) is 22.1 Å². The second kappa shape index (κ2) is 10.1. The first-order valence-corrected chi connectivity index (χ1v) is 13.0. The van der Waals surface area contributed by atoms with E-state index in [4.69, 9.17) is 4.98 Å². The Kier molecular flexibility index (Phi) is 6.60. The number of para-hydroxylation sites is 2. The van der Waals surface area contributed by atoms with Crippen molar-refractivity contribution in [3.8, 4) is 0 Å². The number of urea groups is 2. The van der Waals surface area contributed by atoms with Gasteiger partial charge in [0.15, 0.2) is 0 Å². The monoisotopic (exact) mass is 501 g/mol. The average molecular weight is 502 g/mol. The highest BCUT2D eigenvalue weighted by molar-refractivity contribution is 7.20. The number of benzene rings is 2. The summed E-state index contributed by atoms with van der Waals surface area (Å²) in [6.45, 7) is 2.14. The van der Waals surface area contributed by atoms with E-state index in [-0.39, 0.29) is 12.1 Å². The molecule has 9 heteroatoms. The van der Waals surface area contributed by atoms with Crippen LogP contribution in [0, 0.1) is 0 Å². The number of fused-ring (bicyclic) bond motifs is 2. The van der Waals surface area contributed by atoms with E-state index in [9.17, 15) is 9.59 Å². The highest BCUT2D eigenvalue weighted by atomic mass is 32.1. The molecular formula is C26H23N5O2S2. The number of amides is 4. The van der Waals surface area contributed by atoms with Crippen molar-refractivity contribution in [2.45, 2.75) is 19.8 Å². The third kappa shape index (κ3) is 4.96. The quantitative estimate of drug-likeness (QED) is 0.191. The molecule has 0 aliphatic rings. The van der Waals surface area contributed by atoms with Crippen molar-refractivity contribution in [2.24, 2.45) is 0 Å². The Labute approximate surface area is 210 Å². The topological polar surface area (TPSA) is 95.2 Å². The van der Waals surface area contributed by atoms with Gasteiger partial charge in [-0.1, -0.05) is 49.7 Å². The fourth-order valence-corrected chi connectivity index (χ4v) is 5.94. The van der Waals surface area contributed by atoms with E-state index in [2.05, 4.69) is 28.2 Å². The van der Waals surface area contributed by atoms with Gasteiger partial charge in [0.2, 0.25) is 0 Å². The Hall–Kier alpha value is -3.95. The summed E-state index contributed by atoms with van der Waals surface area (Å²) in [5.74, 6) is 0. The lowest BCUT2D eigenvalue weighted by atomic mass is 10.1. The summed E-state index contributed by atoms with van der Waals surface area (Å²) in [6, 6.07) is 17.9. The van der Waals surface area contributed by atoms with Crippen molar-refractivity contribution in [2.75, 3.05) is 21.3 Å². The minimum absolute atomic E-state index is 0.333. The van der Waals surface area contributed by atoms with Gasteiger partial charge < -0.3 is 21.3 Å². The number of carbonyl (C=O) groups excluding carboxylic acids is 2. The second-order valence-electron chi connectivity index (χ2n) is 7.88. The molecule has 35 heavy (non-hydrogen) atoms. The maximum atomic E-state index is 12.6. The van der Waals surface area contributed by atoms with Crippen LogP contribution in [0.2, 0.25) is 0 Å². The van der Waals surface area contributed by atoms with Gasteiger partial charge in [-0.2, -0.15) is 0 Å². The molecule has 4 amide bonds. The van der Waals surface area contributed by atoms with Gasteiger partial charge in [-0.05, 0) is 36.2 Å². The first-order valence-electron chi connectivity index (χ1n) is 11.2. The molecule has 0 saturated heterocycles. The van der Waals surface area contributed by atoms with Crippen molar-refractivity contribution >= 4 is 77.9 Å². The Morgan fingerprint density at radius 1 is 0.714 bits per heavy atom. The van der Waals surface area contributed by atoms with Crippen LogP contribution in [0.25, 0.3) is 20.4 Å². The van der Waals surface area contributed by atoms with Crippen LogP contribution >= 0.6 is 22.7 Å². The molecule has 5 rings (SSSR count). The van der Waals surface area contributed by atoms with Crippen LogP contribution in [-0.4, -0.2) is 17.0 Å². The van der Waals surface area contributed by atoms with Gasteiger partial charge >= 0.3 is 12.1 Å². The summed E-state index contributed by atoms with van der Waals surface area (Å²) >= 11 is 3.14. The number of pyridine rings is 1. The molecule has 0 radical (unpaired) electrons. The Balaban J connectivity index is 1.46. The molecule has 0 bridgehead atoms. The molecule has 176 valence electrons. The number of rotatable bonds is 6. The Bertz CT molecular complexity index is 1390. The molecule has 2 aromatic carbocycles. The van der Waals surface area contributed by atoms with E-state index >= 15 is 0 Å². The highest BCUT2D eigenvalue weighted by Gasteiger charge is 2.19. The van der Waals surface area contributed by atoms with Crippen LogP contribution in [-0.2, 0) is 6.42 Å². The number of nitrogens with one attached hydrogen (secondary N) is 4. The van der Waals surface area contributed by atoms with Gasteiger partial charge in [0.05, 0.1) is 20.8 Å². The standard InChI is InChI=1S/C26H23N5O2S2/c1-2-9-18-23-21(19(14-34-23)29-25(32)27-16-10-5-3-6-11-16)31-22-20(15-35-24(18)22)30-26(33)28-17-12-7-4-8-13-17/h3-8,10-15H,2,9H2,1H3,(H2,27,29,32)(H2,28,30,33). The summed E-state index contributed by atoms with van der Waals surface area (Å²) in [5.41, 5.74) is 5.33. The fourth-order valence-electron chi connectivity index (χ4n) is 3.84. The SMILES string of the molecule is CCCc1c2scc(NC(=O)Nc3ccccc3)c2nc2c(NC(=O)Nc3ccccc3)csc12. The molecule has 0 aliphatic carbocycles. The van der Waals surface area contributed by atoms with Crippen molar-refractivity contribution in [1.82, 2.24) is 4.98 Å². The number of nitrogens with zero attached hydrogens (tertiary/aromatic N) is 1. The number of carbonyl (C=O) groups is 2. The zero-order valence-electron chi connectivity index (χ0n) is 18.9. The van der Waals surface area contributed by atoms with Gasteiger partial charge in [0.25, 0.3) is 0 Å². The lowest BCUT2D eigenvalue weighted by molar-refractivity contribution is 0.261. The van der Waals surface area contributed by atoms with Gasteiger partial charge in [-0.25, -0.2) is 14.6 Å². The number of aromatic nitrogens is 1. The van der Waals surface area contributed by atoms with E-state index in [0.29, 0.717) is 22.7 Å². The van der Waals surface area contributed by atoms with E-state index in [1.165, 1.54) is 5.56 Å². The molecule has 0 saturated carbocycles. The fraction of sp³-hybridized carbons (Fsp3) is 0.115. The van der Waals surface area contributed by atoms with Crippen LogP contribution in [0.4, 0.5) is 32.3 Å². The first-order chi connectivity index (χ1) is 17.1. The molecule has 3 heterocycles. The predicted molar refractivity (Wildman–Crippen MR) is 147 cm³/mol. The molecule has 0 unspecified atom stereocenters. The van der Waals surface area contributed by atoms with E-state index in [0.717, 1.165) is 33.3 Å². The summed E-state index contributed by atoms with van der Waals surface area (Å²) in [7, 11) is 0. The molecule has 3 aromatic heterocycles. The summed E-state index contributed by atoms with van der Waals surface area (Å²) < 4.78 is 2.10. The Morgan fingerprint density at radius 3 is 1.60 bits per heavy atom. The average Bonchev–Trinajstić information content (AvgIpc) is 3.44. The number of thiophene rings is 2. The van der Waals surface area contributed by atoms with Gasteiger partial charge in [0.1, 0.15) is 11.0 Å². The van der Waals surface area contributed by atoms with E-state index < -0.39 is 0 Å². The molecule has 5 aromatic rings. The van der Waals surface area contributed by atoms with Crippen molar-refractivity contribution < 1.29 is 9.59 Å². The largest absolute Gasteiger partial charge is 0.323 e. The second-order valence-corrected chi connectivity index (χ2v) is 9.64. The third-order valence-corrected chi connectivity index (χ3v) is 7.42. The maximum absolute atomic E-state index is 12.6. The number of hydrogen-bond donors (Lipinski definition) is 4. The van der Waals surface area contributed by atoms with Gasteiger partial charge in [-0.15, -0.1) is 22.7 Å².